The molecule has 1 amide bonds. The highest BCUT2D eigenvalue weighted by molar-refractivity contribution is 5.79. The van der Waals surface area contributed by atoms with Crippen LogP contribution in [0, 0.1) is 6.92 Å². The van der Waals surface area contributed by atoms with Crippen molar-refractivity contribution in [1.29, 1.82) is 0 Å². The summed E-state index contributed by atoms with van der Waals surface area (Å²) in [5, 5.41) is 0. The van der Waals surface area contributed by atoms with Gasteiger partial charge in [0.15, 0.2) is 0 Å². The molecule has 3 rings (SSSR count). The molecular weight excluding hydrogens is 286 g/mol. The summed E-state index contributed by atoms with van der Waals surface area (Å²) >= 11 is 0. The van der Waals surface area contributed by atoms with Gasteiger partial charge in [0, 0.05) is 19.2 Å². The van der Waals surface area contributed by atoms with Crippen molar-refractivity contribution in [3.05, 3.63) is 78.2 Å². The van der Waals surface area contributed by atoms with E-state index in [2.05, 4.69) is 4.98 Å². The SMILES string of the molecule is Cc1c(-c2ccccc2)ncn1C(=O)N(C)Cc1ccccc1. The van der Waals surface area contributed by atoms with Gasteiger partial charge in [-0.3, -0.25) is 4.57 Å². The number of amides is 1. The number of benzene rings is 2. The highest BCUT2D eigenvalue weighted by Crippen LogP contribution is 2.21. The Morgan fingerprint density at radius 2 is 1.65 bits per heavy atom. The van der Waals surface area contributed by atoms with E-state index in [9.17, 15) is 4.79 Å². The van der Waals surface area contributed by atoms with Crippen molar-refractivity contribution < 1.29 is 4.79 Å². The minimum atomic E-state index is -0.0824. The van der Waals surface area contributed by atoms with Crippen LogP contribution < -0.4 is 0 Å². The highest BCUT2D eigenvalue weighted by Gasteiger charge is 2.17. The van der Waals surface area contributed by atoms with Crippen LogP contribution in [0.5, 0.6) is 0 Å². The Morgan fingerprint density at radius 1 is 1.04 bits per heavy atom. The summed E-state index contributed by atoms with van der Waals surface area (Å²) in [6.07, 6.45) is 1.60. The Morgan fingerprint density at radius 3 is 2.30 bits per heavy atom. The maximum atomic E-state index is 12.7. The molecule has 1 aromatic heterocycles. The molecule has 1 heterocycles. The van der Waals surface area contributed by atoms with E-state index in [0.29, 0.717) is 6.54 Å². The van der Waals surface area contributed by atoms with E-state index in [1.807, 2.05) is 67.6 Å². The molecule has 0 spiro atoms. The minimum absolute atomic E-state index is 0.0824. The summed E-state index contributed by atoms with van der Waals surface area (Å²) in [5.74, 6) is 0. The molecule has 116 valence electrons. The summed E-state index contributed by atoms with van der Waals surface area (Å²) in [5.41, 5.74) is 3.81. The monoisotopic (exact) mass is 305 g/mol. The number of aromatic nitrogens is 2. The fourth-order valence-electron chi connectivity index (χ4n) is 2.59. The molecule has 0 N–H and O–H groups in total. The van der Waals surface area contributed by atoms with E-state index in [0.717, 1.165) is 22.5 Å². The quantitative estimate of drug-likeness (QED) is 0.734. The molecule has 0 unspecified atom stereocenters. The van der Waals surface area contributed by atoms with Gasteiger partial charge in [0.2, 0.25) is 0 Å². The Balaban J connectivity index is 1.82. The molecule has 0 saturated heterocycles. The standard InChI is InChI=1S/C19H19N3O/c1-15-18(17-11-7-4-8-12-17)20-14-22(15)19(23)21(2)13-16-9-5-3-6-10-16/h3-12,14H,13H2,1-2H3. The van der Waals surface area contributed by atoms with Gasteiger partial charge in [0.1, 0.15) is 6.33 Å². The minimum Gasteiger partial charge on any atom is -0.323 e. The van der Waals surface area contributed by atoms with Crippen LogP contribution in [0.3, 0.4) is 0 Å². The van der Waals surface area contributed by atoms with E-state index in [4.69, 9.17) is 0 Å². The van der Waals surface area contributed by atoms with Gasteiger partial charge < -0.3 is 4.90 Å². The van der Waals surface area contributed by atoms with Crippen molar-refractivity contribution in [3.63, 3.8) is 0 Å². The summed E-state index contributed by atoms with van der Waals surface area (Å²) in [6, 6.07) is 19.8. The smallest absolute Gasteiger partial charge is 0.323 e. The van der Waals surface area contributed by atoms with Crippen LogP contribution in [0.1, 0.15) is 11.3 Å². The zero-order valence-electron chi connectivity index (χ0n) is 13.3. The van der Waals surface area contributed by atoms with Crippen molar-refractivity contribution in [3.8, 4) is 11.3 Å². The lowest BCUT2D eigenvalue weighted by Crippen LogP contribution is -2.30. The Labute approximate surface area is 136 Å². The first-order valence-corrected chi connectivity index (χ1v) is 7.55. The molecule has 0 aliphatic carbocycles. The predicted molar refractivity (Wildman–Crippen MR) is 91.1 cm³/mol. The first-order chi connectivity index (χ1) is 11.2. The average molecular weight is 305 g/mol. The maximum absolute atomic E-state index is 12.7. The van der Waals surface area contributed by atoms with Crippen LogP contribution >= 0.6 is 0 Å². The van der Waals surface area contributed by atoms with Gasteiger partial charge in [-0.1, -0.05) is 60.7 Å². The fraction of sp³-hybridized carbons (Fsp3) is 0.158. The second kappa shape index (κ2) is 6.48. The molecule has 4 nitrogen and oxygen atoms in total. The number of nitrogens with zero attached hydrogens (tertiary/aromatic N) is 3. The van der Waals surface area contributed by atoms with Gasteiger partial charge in [0.25, 0.3) is 0 Å². The molecule has 0 radical (unpaired) electrons. The second-order valence-electron chi connectivity index (χ2n) is 5.54. The molecule has 4 heteroatoms. The Bertz CT molecular complexity index is 794. The topological polar surface area (TPSA) is 38.1 Å². The lowest BCUT2D eigenvalue weighted by atomic mass is 10.1. The zero-order chi connectivity index (χ0) is 16.2. The highest BCUT2D eigenvalue weighted by atomic mass is 16.2. The van der Waals surface area contributed by atoms with Crippen LogP contribution in [-0.4, -0.2) is 27.5 Å². The summed E-state index contributed by atoms with van der Waals surface area (Å²) < 4.78 is 1.60. The van der Waals surface area contributed by atoms with E-state index in [1.165, 1.54) is 0 Å². The van der Waals surface area contributed by atoms with E-state index < -0.39 is 0 Å². The lowest BCUT2D eigenvalue weighted by Gasteiger charge is -2.18. The third-order valence-corrected chi connectivity index (χ3v) is 3.85. The van der Waals surface area contributed by atoms with Crippen LogP contribution in [0.4, 0.5) is 4.79 Å². The molecule has 0 bridgehead atoms. The van der Waals surface area contributed by atoms with Crippen molar-refractivity contribution in [2.45, 2.75) is 13.5 Å². The summed E-state index contributed by atoms with van der Waals surface area (Å²) in [6.45, 7) is 2.49. The predicted octanol–water partition coefficient (Wildman–Crippen LogP) is 3.96. The van der Waals surface area contributed by atoms with Gasteiger partial charge >= 0.3 is 6.03 Å². The first-order valence-electron chi connectivity index (χ1n) is 7.55. The average Bonchev–Trinajstić information content (AvgIpc) is 2.97. The molecule has 23 heavy (non-hydrogen) atoms. The van der Waals surface area contributed by atoms with Crippen molar-refractivity contribution in [2.75, 3.05) is 7.05 Å². The molecule has 0 aliphatic heterocycles. The summed E-state index contributed by atoms with van der Waals surface area (Å²) in [4.78, 5) is 18.8. The van der Waals surface area contributed by atoms with Crippen LogP contribution in [-0.2, 0) is 6.54 Å². The largest absolute Gasteiger partial charge is 0.329 e. The molecule has 3 aromatic rings. The Hall–Kier alpha value is -2.88. The van der Waals surface area contributed by atoms with E-state index in [-0.39, 0.29) is 6.03 Å². The lowest BCUT2D eigenvalue weighted by molar-refractivity contribution is 0.208. The zero-order valence-corrected chi connectivity index (χ0v) is 13.3. The number of hydrogen-bond acceptors (Lipinski definition) is 2. The second-order valence-corrected chi connectivity index (χ2v) is 5.54. The van der Waals surface area contributed by atoms with Gasteiger partial charge in [-0.25, -0.2) is 9.78 Å². The van der Waals surface area contributed by atoms with E-state index in [1.54, 1.807) is 22.8 Å². The van der Waals surface area contributed by atoms with Crippen molar-refractivity contribution in [1.82, 2.24) is 14.5 Å². The number of hydrogen-bond donors (Lipinski definition) is 0. The fourth-order valence-corrected chi connectivity index (χ4v) is 2.59. The molecule has 0 saturated carbocycles. The van der Waals surface area contributed by atoms with E-state index >= 15 is 0 Å². The third kappa shape index (κ3) is 3.16. The molecule has 0 aliphatic rings. The van der Waals surface area contributed by atoms with Gasteiger partial charge in [-0.05, 0) is 12.5 Å². The number of rotatable bonds is 3. The van der Waals surface area contributed by atoms with Crippen LogP contribution in [0.15, 0.2) is 67.0 Å². The third-order valence-electron chi connectivity index (χ3n) is 3.85. The van der Waals surface area contributed by atoms with Gasteiger partial charge in [-0.15, -0.1) is 0 Å². The molecule has 2 aromatic carbocycles. The Kier molecular flexibility index (Phi) is 4.24. The number of carbonyl (C=O) groups is 1. The molecule has 0 fully saturated rings. The molecular formula is C19H19N3O. The van der Waals surface area contributed by atoms with Crippen LogP contribution in [0.25, 0.3) is 11.3 Å². The number of carbonyl (C=O) groups excluding carboxylic acids is 1. The van der Waals surface area contributed by atoms with Crippen molar-refractivity contribution >= 4 is 6.03 Å². The maximum Gasteiger partial charge on any atom is 0.329 e. The van der Waals surface area contributed by atoms with Gasteiger partial charge in [-0.2, -0.15) is 0 Å². The van der Waals surface area contributed by atoms with Crippen LogP contribution in [0.2, 0.25) is 0 Å². The normalized spacial score (nSPS) is 10.5. The van der Waals surface area contributed by atoms with Gasteiger partial charge in [0.05, 0.1) is 11.4 Å². The summed E-state index contributed by atoms with van der Waals surface area (Å²) in [7, 11) is 1.80. The van der Waals surface area contributed by atoms with Crippen molar-refractivity contribution in [2.24, 2.45) is 0 Å². The molecule has 0 atom stereocenters. The number of imidazole rings is 1. The first kappa shape index (κ1) is 15.0.